The number of hydrogen-bond acceptors (Lipinski definition) is 5. The molecule has 0 radical (unpaired) electrons. The fourth-order valence-corrected chi connectivity index (χ4v) is 4.71. The van der Waals surface area contributed by atoms with E-state index in [9.17, 15) is 10.1 Å². The topological polar surface area (TPSA) is 79.5 Å². The normalized spacial score (nSPS) is 15.7. The fourth-order valence-electron chi connectivity index (χ4n) is 4.71. The fraction of sp³-hybridized carbons (Fsp3) is 0.333. The van der Waals surface area contributed by atoms with Crippen LogP contribution in [-0.4, -0.2) is 42.7 Å². The van der Waals surface area contributed by atoms with E-state index in [4.69, 9.17) is 9.47 Å². The monoisotopic (exact) mass is 458 g/mol. The van der Waals surface area contributed by atoms with E-state index in [1.165, 1.54) is 0 Å². The van der Waals surface area contributed by atoms with Gasteiger partial charge in [-0.1, -0.05) is 12.1 Å². The maximum Gasteiger partial charge on any atom is 0.239 e. The number of carbonyl (C=O) groups is 1. The Balaban J connectivity index is 1.59. The van der Waals surface area contributed by atoms with Gasteiger partial charge in [-0.25, -0.2) is 0 Å². The van der Waals surface area contributed by atoms with Gasteiger partial charge in [0.2, 0.25) is 5.91 Å². The summed E-state index contributed by atoms with van der Waals surface area (Å²) in [5, 5.41) is 12.9. The summed E-state index contributed by atoms with van der Waals surface area (Å²) in [6.45, 7) is 4.95. The van der Waals surface area contributed by atoms with E-state index in [0.717, 1.165) is 53.4 Å². The van der Waals surface area contributed by atoms with Crippen LogP contribution in [0.1, 0.15) is 41.3 Å². The van der Waals surface area contributed by atoms with E-state index in [2.05, 4.69) is 22.4 Å². The smallest absolute Gasteiger partial charge is 0.239 e. The van der Waals surface area contributed by atoms with Gasteiger partial charge in [0, 0.05) is 17.4 Å². The standard InChI is InChI=1S/C27H30N4O3/c1-18-19(2)31(21-10-12-22(33-3)13-11-21)27(24(18)16-28)29-26(32)17-30-14-6-9-25(30)20-7-5-8-23(15-20)34-4/h5,7-8,10-13,15,25H,6,9,14,17H2,1-4H3,(H,29,32). The molecule has 3 aromatic rings. The highest BCUT2D eigenvalue weighted by Gasteiger charge is 2.29. The van der Waals surface area contributed by atoms with Crippen molar-refractivity contribution in [1.82, 2.24) is 9.47 Å². The highest BCUT2D eigenvalue weighted by molar-refractivity contribution is 5.93. The number of amides is 1. The number of anilines is 1. The van der Waals surface area contributed by atoms with Crippen molar-refractivity contribution >= 4 is 11.7 Å². The lowest BCUT2D eigenvalue weighted by molar-refractivity contribution is -0.117. The van der Waals surface area contributed by atoms with Gasteiger partial charge in [-0.2, -0.15) is 5.26 Å². The molecule has 1 aliphatic heterocycles. The maximum atomic E-state index is 13.2. The third kappa shape index (κ3) is 4.50. The minimum absolute atomic E-state index is 0.140. The van der Waals surface area contributed by atoms with Gasteiger partial charge in [0.15, 0.2) is 0 Å². The zero-order chi connectivity index (χ0) is 24.2. The molecule has 1 aromatic heterocycles. The molecule has 0 spiro atoms. The molecule has 1 fully saturated rings. The summed E-state index contributed by atoms with van der Waals surface area (Å²) < 4.78 is 12.6. The number of methoxy groups -OCH3 is 2. The molecule has 1 N–H and O–H groups in total. The lowest BCUT2D eigenvalue weighted by atomic mass is 10.0. The summed E-state index contributed by atoms with van der Waals surface area (Å²) in [6, 6.07) is 18.0. The summed E-state index contributed by atoms with van der Waals surface area (Å²) in [4.78, 5) is 15.4. The van der Waals surface area contributed by atoms with Crippen LogP contribution < -0.4 is 14.8 Å². The molecule has 1 aliphatic rings. The highest BCUT2D eigenvalue weighted by Crippen LogP contribution is 2.34. The van der Waals surface area contributed by atoms with Crippen LogP contribution >= 0.6 is 0 Å². The Hall–Kier alpha value is -3.76. The number of nitrogens with zero attached hydrogens (tertiary/aromatic N) is 3. The Morgan fingerprint density at radius 3 is 2.53 bits per heavy atom. The van der Waals surface area contributed by atoms with E-state index in [0.29, 0.717) is 11.4 Å². The number of rotatable bonds is 7. The summed E-state index contributed by atoms with van der Waals surface area (Å²) in [7, 11) is 3.28. The predicted molar refractivity (Wildman–Crippen MR) is 132 cm³/mol. The van der Waals surface area contributed by atoms with Crippen molar-refractivity contribution in [3.8, 4) is 23.3 Å². The van der Waals surface area contributed by atoms with Gasteiger partial charge in [0.25, 0.3) is 0 Å². The first-order valence-electron chi connectivity index (χ1n) is 11.4. The van der Waals surface area contributed by atoms with Crippen molar-refractivity contribution in [3.05, 3.63) is 70.9 Å². The third-order valence-corrected chi connectivity index (χ3v) is 6.60. The third-order valence-electron chi connectivity index (χ3n) is 6.60. The average molecular weight is 459 g/mol. The Labute approximate surface area is 200 Å². The molecule has 34 heavy (non-hydrogen) atoms. The first-order valence-corrected chi connectivity index (χ1v) is 11.4. The number of nitriles is 1. The molecular weight excluding hydrogens is 428 g/mol. The molecule has 0 saturated carbocycles. The second-order valence-electron chi connectivity index (χ2n) is 8.53. The Morgan fingerprint density at radius 2 is 1.85 bits per heavy atom. The minimum atomic E-state index is -0.140. The van der Waals surface area contributed by atoms with Gasteiger partial charge in [-0.05, 0) is 80.8 Å². The predicted octanol–water partition coefficient (Wildman–Crippen LogP) is 4.76. The average Bonchev–Trinajstić information content (AvgIpc) is 3.41. The second kappa shape index (κ2) is 10.0. The molecular formula is C27H30N4O3. The van der Waals surface area contributed by atoms with Gasteiger partial charge >= 0.3 is 0 Å². The summed E-state index contributed by atoms with van der Waals surface area (Å²) in [5.41, 5.74) is 4.24. The number of benzene rings is 2. The highest BCUT2D eigenvalue weighted by atomic mass is 16.5. The number of nitrogens with one attached hydrogen (secondary N) is 1. The van der Waals surface area contributed by atoms with Crippen LogP contribution in [0.5, 0.6) is 11.5 Å². The number of hydrogen-bond donors (Lipinski definition) is 1. The number of ether oxygens (including phenoxy) is 2. The molecule has 1 unspecified atom stereocenters. The molecule has 176 valence electrons. The lowest BCUT2D eigenvalue weighted by Crippen LogP contribution is -2.33. The van der Waals surface area contributed by atoms with Crippen LogP contribution in [0.25, 0.3) is 5.69 Å². The van der Waals surface area contributed by atoms with E-state index in [1.807, 2.05) is 60.9 Å². The molecule has 4 rings (SSSR count). The minimum Gasteiger partial charge on any atom is -0.497 e. The molecule has 2 aromatic carbocycles. The van der Waals surface area contributed by atoms with Crippen LogP contribution in [0.3, 0.4) is 0 Å². The quantitative estimate of drug-likeness (QED) is 0.552. The molecule has 2 heterocycles. The van der Waals surface area contributed by atoms with Crippen molar-refractivity contribution in [2.45, 2.75) is 32.7 Å². The van der Waals surface area contributed by atoms with E-state index in [-0.39, 0.29) is 18.5 Å². The Bertz CT molecular complexity index is 1220. The van der Waals surface area contributed by atoms with Crippen molar-refractivity contribution in [1.29, 1.82) is 5.26 Å². The van der Waals surface area contributed by atoms with E-state index >= 15 is 0 Å². The van der Waals surface area contributed by atoms with Crippen molar-refractivity contribution in [2.75, 3.05) is 32.6 Å². The number of carbonyl (C=O) groups excluding carboxylic acids is 1. The first kappa shape index (κ1) is 23.4. The first-order chi connectivity index (χ1) is 16.5. The van der Waals surface area contributed by atoms with Gasteiger partial charge < -0.3 is 14.8 Å². The number of likely N-dealkylation sites (tertiary alicyclic amines) is 1. The SMILES string of the molecule is COc1ccc(-n2c(C)c(C)c(C#N)c2NC(=O)CN2CCCC2c2cccc(OC)c2)cc1. The van der Waals surface area contributed by atoms with Crippen molar-refractivity contribution in [2.24, 2.45) is 0 Å². The second-order valence-corrected chi connectivity index (χ2v) is 8.53. The molecule has 0 aliphatic carbocycles. The van der Waals surface area contributed by atoms with Gasteiger partial charge in [0.1, 0.15) is 23.4 Å². The summed E-state index contributed by atoms with van der Waals surface area (Å²) >= 11 is 0. The largest absolute Gasteiger partial charge is 0.497 e. The van der Waals surface area contributed by atoms with Crippen LogP contribution in [-0.2, 0) is 4.79 Å². The molecule has 7 nitrogen and oxygen atoms in total. The van der Waals surface area contributed by atoms with Crippen LogP contribution in [0.2, 0.25) is 0 Å². The Morgan fingerprint density at radius 1 is 1.12 bits per heavy atom. The zero-order valence-corrected chi connectivity index (χ0v) is 20.1. The van der Waals surface area contributed by atoms with Crippen molar-refractivity contribution in [3.63, 3.8) is 0 Å². The number of aromatic nitrogens is 1. The van der Waals surface area contributed by atoms with Crippen LogP contribution in [0.4, 0.5) is 5.82 Å². The van der Waals surface area contributed by atoms with E-state index in [1.54, 1.807) is 14.2 Å². The molecule has 7 heteroatoms. The van der Waals surface area contributed by atoms with Crippen molar-refractivity contribution < 1.29 is 14.3 Å². The summed E-state index contributed by atoms with van der Waals surface area (Å²) in [6.07, 6.45) is 2.02. The maximum absolute atomic E-state index is 13.2. The molecule has 1 amide bonds. The summed E-state index contributed by atoms with van der Waals surface area (Å²) in [5.74, 6) is 1.92. The molecule has 0 bridgehead atoms. The van der Waals surface area contributed by atoms with E-state index < -0.39 is 0 Å². The van der Waals surface area contributed by atoms with Gasteiger partial charge in [-0.15, -0.1) is 0 Å². The Kier molecular flexibility index (Phi) is 6.90. The van der Waals surface area contributed by atoms with Crippen LogP contribution in [0.15, 0.2) is 48.5 Å². The zero-order valence-electron chi connectivity index (χ0n) is 20.1. The molecule has 1 saturated heterocycles. The van der Waals surface area contributed by atoms with Gasteiger partial charge in [-0.3, -0.25) is 14.3 Å². The molecule has 1 atom stereocenters. The van der Waals surface area contributed by atoms with Gasteiger partial charge in [0.05, 0.1) is 26.3 Å². The van der Waals surface area contributed by atoms with Crippen LogP contribution in [0, 0.1) is 25.2 Å². The lowest BCUT2D eigenvalue weighted by Gasteiger charge is -2.24.